The highest BCUT2D eigenvalue weighted by Gasteiger charge is 2.28. The first-order chi connectivity index (χ1) is 13.7. The lowest BCUT2D eigenvalue weighted by atomic mass is 10.0. The van der Waals surface area contributed by atoms with E-state index in [-0.39, 0.29) is 0 Å². The number of quaternary nitrogens is 1. The predicted molar refractivity (Wildman–Crippen MR) is 116 cm³/mol. The Kier molecular flexibility index (Phi) is 7.79. The summed E-state index contributed by atoms with van der Waals surface area (Å²) in [6.45, 7) is 5.32. The zero-order chi connectivity index (χ0) is 19.7. The first-order valence-corrected chi connectivity index (χ1v) is 10.8. The lowest BCUT2D eigenvalue weighted by molar-refractivity contribution is -0.932. The third-order valence-electron chi connectivity index (χ3n) is 6.23. The Labute approximate surface area is 170 Å². The minimum absolute atomic E-state index is 0.970. The van der Waals surface area contributed by atoms with Crippen molar-refractivity contribution < 1.29 is 14.0 Å². The van der Waals surface area contributed by atoms with Gasteiger partial charge in [0.1, 0.15) is 11.5 Å². The van der Waals surface area contributed by atoms with E-state index in [1.165, 1.54) is 73.9 Å². The highest BCUT2D eigenvalue weighted by Crippen LogP contribution is 2.23. The van der Waals surface area contributed by atoms with E-state index >= 15 is 0 Å². The van der Waals surface area contributed by atoms with Crippen molar-refractivity contribution in [2.45, 2.75) is 44.9 Å². The van der Waals surface area contributed by atoms with Crippen LogP contribution in [0, 0.1) is 0 Å². The van der Waals surface area contributed by atoms with Gasteiger partial charge in [0.15, 0.2) is 0 Å². The molecular weight excluding hydrogens is 346 g/mol. The molecule has 1 saturated heterocycles. The van der Waals surface area contributed by atoms with Crippen LogP contribution in [0.15, 0.2) is 48.5 Å². The Bertz CT molecular complexity index is 666. The molecule has 0 unspecified atom stereocenters. The van der Waals surface area contributed by atoms with Crippen LogP contribution in [0.1, 0.15) is 43.2 Å². The van der Waals surface area contributed by atoms with Gasteiger partial charge in [-0.05, 0) is 67.5 Å². The fourth-order valence-electron chi connectivity index (χ4n) is 4.64. The number of nitrogens with zero attached hydrogens (tertiary/aromatic N) is 1. The highest BCUT2D eigenvalue weighted by molar-refractivity contribution is 5.29. The van der Waals surface area contributed by atoms with Crippen molar-refractivity contribution in [3.63, 3.8) is 0 Å². The second-order valence-corrected chi connectivity index (χ2v) is 8.21. The molecule has 3 nitrogen and oxygen atoms in total. The van der Waals surface area contributed by atoms with Gasteiger partial charge in [0, 0.05) is 12.8 Å². The SMILES string of the molecule is COc1cccc(CCC[N+]2(CCCc3cccc(OC)c3)CCCCC2)c1. The zero-order valence-corrected chi connectivity index (χ0v) is 17.7. The van der Waals surface area contributed by atoms with Crippen molar-refractivity contribution >= 4 is 0 Å². The molecule has 0 saturated carbocycles. The summed E-state index contributed by atoms with van der Waals surface area (Å²) in [5.41, 5.74) is 2.79. The average molecular weight is 383 g/mol. The topological polar surface area (TPSA) is 18.5 Å². The molecule has 0 aliphatic carbocycles. The van der Waals surface area contributed by atoms with Gasteiger partial charge in [0.2, 0.25) is 0 Å². The van der Waals surface area contributed by atoms with Gasteiger partial charge in [0.05, 0.1) is 40.4 Å². The Hall–Kier alpha value is -2.00. The molecule has 0 amide bonds. The molecule has 0 atom stereocenters. The number of rotatable bonds is 10. The summed E-state index contributed by atoms with van der Waals surface area (Å²) >= 11 is 0. The summed E-state index contributed by atoms with van der Waals surface area (Å²) in [5.74, 6) is 1.94. The number of hydrogen-bond acceptors (Lipinski definition) is 2. The van der Waals surface area contributed by atoms with Crippen molar-refractivity contribution in [2.75, 3.05) is 40.4 Å². The predicted octanol–water partition coefficient (Wildman–Crippen LogP) is 5.27. The molecule has 0 spiro atoms. The summed E-state index contributed by atoms with van der Waals surface area (Å²) in [7, 11) is 3.49. The molecule has 3 rings (SSSR count). The van der Waals surface area contributed by atoms with Gasteiger partial charge < -0.3 is 14.0 Å². The lowest BCUT2D eigenvalue weighted by Crippen LogP contribution is -2.52. The molecule has 2 aromatic carbocycles. The number of piperidine rings is 1. The van der Waals surface area contributed by atoms with Crippen LogP contribution in [-0.4, -0.2) is 44.9 Å². The summed E-state index contributed by atoms with van der Waals surface area (Å²) < 4.78 is 12.1. The van der Waals surface area contributed by atoms with Gasteiger partial charge in [-0.15, -0.1) is 0 Å². The fraction of sp³-hybridized carbons (Fsp3) is 0.520. The molecule has 0 bridgehead atoms. The second-order valence-electron chi connectivity index (χ2n) is 8.21. The molecule has 1 aliphatic rings. The van der Waals surface area contributed by atoms with Crippen LogP contribution < -0.4 is 9.47 Å². The molecule has 28 heavy (non-hydrogen) atoms. The maximum absolute atomic E-state index is 5.37. The lowest BCUT2D eigenvalue weighted by Gasteiger charge is -2.42. The van der Waals surface area contributed by atoms with Gasteiger partial charge >= 0.3 is 0 Å². The van der Waals surface area contributed by atoms with Gasteiger partial charge in [-0.25, -0.2) is 0 Å². The van der Waals surface area contributed by atoms with Gasteiger partial charge in [0.25, 0.3) is 0 Å². The number of ether oxygens (including phenoxy) is 2. The molecule has 0 aromatic heterocycles. The van der Waals surface area contributed by atoms with Crippen LogP contribution in [0.5, 0.6) is 11.5 Å². The Morgan fingerprint density at radius 2 is 1.21 bits per heavy atom. The molecule has 0 radical (unpaired) electrons. The zero-order valence-electron chi connectivity index (χ0n) is 17.7. The van der Waals surface area contributed by atoms with E-state index in [9.17, 15) is 0 Å². The van der Waals surface area contributed by atoms with E-state index in [2.05, 4.69) is 36.4 Å². The molecule has 152 valence electrons. The fourth-order valence-corrected chi connectivity index (χ4v) is 4.64. The Balaban J connectivity index is 1.52. The van der Waals surface area contributed by atoms with Crippen molar-refractivity contribution in [2.24, 2.45) is 0 Å². The van der Waals surface area contributed by atoms with Crippen LogP contribution in [0.2, 0.25) is 0 Å². The van der Waals surface area contributed by atoms with Crippen LogP contribution in [-0.2, 0) is 12.8 Å². The molecule has 1 fully saturated rings. The quantitative estimate of drug-likeness (QED) is 0.521. The minimum atomic E-state index is 0.970. The summed E-state index contributed by atoms with van der Waals surface area (Å²) in [6.07, 6.45) is 8.99. The van der Waals surface area contributed by atoms with Crippen LogP contribution >= 0.6 is 0 Å². The molecule has 2 aromatic rings. The largest absolute Gasteiger partial charge is 0.497 e. The van der Waals surface area contributed by atoms with Crippen molar-refractivity contribution in [1.29, 1.82) is 0 Å². The summed E-state index contributed by atoms with van der Waals surface area (Å²) in [5, 5.41) is 0. The molecule has 0 N–H and O–H groups in total. The summed E-state index contributed by atoms with van der Waals surface area (Å²) in [6, 6.07) is 17.1. The third kappa shape index (κ3) is 6.00. The van der Waals surface area contributed by atoms with E-state index in [4.69, 9.17) is 9.47 Å². The Morgan fingerprint density at radius 1 is 0.714 bits per heavy atom. The number of aryl methyl sites for hydroxylation is 2. The monoisotopic (exact) mass is 382 g/mol. The average Bonchev–Trinajstić information content (AvgIpc) is 2.75. The van der Waals surface area contributed by atoms with Crippen LogP contribution in [0.4, 0.5) is 0 Å². The van der Waals surface area contributed by atoms with Gasteiger partial charge in [-0.2, -0.15) is 0 Å². The first kappa shape index (κ1) is 20.7. The van der Waals surface area contributed by atoms with Crippen molar-refractivity contribution in [3.05, 3.63) is 59.7 Å². The van der Waals surface area contributed by atoms with Crippen LogP contribution in [0.3, 0.4) is 0 Å². The minimum Gasteiger partial charge on any atom is -0.497 e. The molecular formula is C25H36NO2+. The Morgan fingerprint density at radius 3 is 1.68 bits per heavy atom. The van der Waals surface area contributed by atoms with Crippen LogP contribution in [0.25, 0.3) is 0 Å². The number of hydrogen-bond donors (Lipinski definition) is 0. The smallest absolute Gasteiger partial charge is 0.119 e. The van der Waals surface area contributed by atoms with Crippen molar-refractivity contribution in [3.8, 4) is 11.5 Å². The molecule has 1 aliphatic heterocycles. The normalized spacial score (nSPS) is 15.9. The molecule has 3 heteroatoms. The van der Waals surface area contributed by atoms with E-state index < -0.39 is 0 Å². The standard InChI is InChI=1S/C25H36NO2/c1-27-24-14-6-10-22(20-24)12-8-18-26(16-4-3-5-17-26)19-9-13-23-11-7-15-25(21-23)28-2/h6-7,10-11,14-15,20-21H,3-5,8-9,12-13,16-19H2,1-2H3/q+1. The third-order valence-corrected chi connectivity index (χ3v) is 6.23. The first-order valence-electron chi connectivity index (χ1n) is 10.8. The van der Waals surface area contributed by atoms with E-state index in [1.807, 2.05) is 12.1 Å². The molecule has 1 heterocycles. The summed E-state index contributed by atoms with van der Waals surface area (Å²) in [4.78, 5) is 0. The maximum atomic E-state index is 5.37. The van der Waals surface area contributed by atoms with Gasteiger partial charge in [-0.1, -0.05) is 24.3 Å². The van der Waals surface area contributed by atoms with Crippen molar-refractivity contribution in [1.82, 2.24) is 0 Å². The van der Waals surface area contributed by atoms with E-state index in [1.54, 1.807) is 14.2 Å². The highest BCUT2D eigenvalue weighted by atomic mass is 16.5. The van der Waals surface area contributed by atoms with Gasteiger partial charge in [-0.3, -0.25) is 0 Å². The number of likely N-dealkylation sites (tertiary alicyclic amines) is 1. The van der Waals surface area contributed by atoms with E-state index in [0.717, 1.165) is 24.3 Å². The number of methoxy groups -OCH3 is 2. The second kappa shape index (κ2) is 10.5. The number of benzene rings is 2. The maximum Gasteiger partial charge on any atom is 0.119 e. The van der Waals surface area contributed by atoms with E-state index in [0.29, 0.717) is 0 Å².